The van der Waals surface area contributed by atoms with E-state index in [-0.39, 0.29) is 29.5 Å². The Morgan fingerprint density at radius 2 is 1.90 bits per heavy atom. The third-order valence-electron chi connectivity index (χ3n) is 5.95. The third-order valence-corrected chi connectivity index (χ3v) is 5.95. The van der Waals surface area contributed by atoms with Crippen molar-refractivity contribution in [2.75, 3.05) is 25.0 Å². The number of rotatable bonds is 5. The Morgan fingerprint density at radius 3 is 2.59 bits per heavy atom. The number of likely N-dealkylation sites (tertiary alicyclic amines) is 1. The number of fused-ring (bicyclic) bond motifs is 1. The zero-order valence-electron chi connectivity index (χ0n) is 16.4. The second kappa shape index (κ2) is 8.06. The Bertz CT molecular complexity index is 869. The van der Waals surface area contributed by atoms with Gasteiger partial charge in [0.15, 0.2) is 0 Å². The maximum Gasteiger partial charge on any atom is 0.338 e. The summed E-state index contributed by atoms with van der Waals surface area (Å²) in [6.07, 6.45) is 15.1. The van der Waals surface area contributed by atoms with Crippen LogP contribution in [0.1, 0.15) is 29.6 Å². The number of piperidine rings is 1. The molecule has 0 bridgehead atoms. The molecule has 0 spiro atoms. The fourth-order valence-electron chi connectivity index (χ4n) is 4.16. The fraction of sp³-hybridized carbons (Fsp3) is 0.429. The minimum Gasteiger partial charge on any atom is -0.478 e. The molecule has 1 fully saturated rings. The highest BCUT2D eigenvalue weighted by Gasteiger charge is 2.31. The van der Waals surface area contributed by atoms with Crippen molar-refractivity contribution in [1.82, 2.24) is 20.2 Å². The van der Waals surface area contributed by atoms with Gasteiger partial charge in [0.2, 0.25) is 11.9 Å². The van der Waals surface area contributed by atoms with Gasteiger partial charge in [-0.1, -0.05) is 24.3 Å². The molecule has 152 valence electrons. The van der Waals surface area contributed by atoms with Crippen molar-refractivity contribution in [3.05, 3.63) is 54.0 Å². The second-order valence-corrected chi connectivity index (χ2v) is 7.68. The second-order valence-electron chi connectivity index (χ2n) is 7.68. The van der Waals surface area contributed by atoms with Gasteiger partial charge in [0.1, 0.15) is 0 Å². The smallest absolute Gasteiger partial charge is 0.338 e. The van der Waals surface area contributed by atoms with Crippen LogP contribution >= 0.6 is 0 Å². The van der Waals surface area contributed by atoms with E-state index in [0.29, 0.717) is 25.5 Å². The Hall–Kier alpha value is -3.16. The molecule has 2 aliphatic heterocycles. The molecular weight excluding hydrogens is 370 g/mol. The number of carboxylic acid groups (broad SMARTS) is 1. The van der Waals surface area contributed by atoms with Gasteiger partial charge in [-0.25, -0.2) is 14.8 Å². The topological polar surface area (TPSA) is 98.7 Å². The van der Waals surface area contributed by atoms with Crippen LogP contribution in [0.4, 0.5) is 5.95 Å². The van der Waals surface area contributed by atoms with Gasteiger partial charge < -0.3 is 20.2 Å². The van der Waals surface area contributed by atoms with Crippen molar-refractivity contribution in [3.63, 3.8) is 0 Å². The molecule has 2 atom stereocenters. The van der Waals surface area contributed by atoms with Gasteiger partial charge in [-0.3, -0.25) is 4.79 Å². The minimum atomic E-state index is -1.04. The van der Waals surface area contributed by atoms with Crippen LogP contribution < -0.4 is 10.2 Å². The number of hydrogen-bond donors (Lipinski definition) is 2. The van der Waals surface area contributed by atoms with Gasteiger partial charge in [0.05, 0.1) is 18.0 Å². The normalized spacial score (nSPS) is 23.3. The van der Waals surface area contributed by atoms with Crippen molar-refractivity contribution >= 4 is 17.8 Å². The molecule has 0 radical (unpaired) electrons. The number of anilines is 1. The highest BCUT2D eigenvalue weighted by molar-refractivity contribution is 5.86. The Morgan fingerprint density at radius 1 is 1.21 bits per heavy atom. The van der Waals surface area contributed by atoms with Crippen LogP contribution in [0, 0.1) is 5.92 Å². The van der Waals surface area contributed by atoms with Gasteiger partial charge in [-0.2, -0.15) is 0 Å². The maximum atomic E-state index is 12.8. The number of nitrogens with zero attached hydrogens (tertiary/aromatic N) is 4. The molecule has 2 unspecified atom stereocenters. The van der Waals surface area contributed by atoms with Crippen LogP contribution in [0.3, 0.4) is 0 Å². The fourth-order valence-corrected chi connectivity index (χ4v) is 4.16. The molecular formula is C21H25N5O3. The first kappa shape index (κ1) is 19.2. The summed E-state index contributed by atoms with van der Waals surface area (Å²) in [4.78, 5) is 36.0. The first-order valence-corrected chi connectivity index (χ1v) is 9.89. The van der Waals surface area contributed by atoms with Crippen LogP contribution in [0.2, 0.25) is 0 Å². The van der Waals surface area contributed by atoms with Gasteiger partial charge in [-0.05, 0) is 24.6 Å². The van der Waals surface area contributed by atoms with E-state index in [9.17, 15) is 9.59 Å². The monoisotopic (exact) mass is 395 g/mol. The molecule has 3 aliphatic rings. The molecule has 0 aromatic carbocycles. The van der Waals surface area contributed by atoms with Crippen molar-refractivity contribution < 1.29 is 14.7 Å². The van der Waals surface area contributed by atoms with Gasteiger partial charge >= 0.3 is 5.97 Å². The Kier molecular flexibility index (Phi) is 5.33. The number of aromatic nitrogens is 2. The number of allylic oxidation sites excluding steroid dienone is 2. The summed E-state index contributed by atoms with van der Waals surface area (Å²) in [5, 5.41) is 12.3. The summed E-state index contributed by atoms with van der Waals surface area (Å²) in [7, 11) is 1.91. The van der Waals surface area contributed by atoms with E-state index in [2.05, 4.69) is 27.4 Å². The molecule has 0 saturated carbocycles. The summed E-state index contributed by atoms with van der Waals surface area (Å²) in [6.45, 7) is 1.40. The molecule has 8 heteroatoms. The molecule has 1 amide bonds. The highest BCUT2D eigenvalue weighted by atomic mass is 16.4. The first-order valence-electron chi connectivity index (χ1n) is 9.89. The Balaban J connectivity index is 1.30. The van der Waals surface area contributed by atoms with Crippen molar-refractivity contribution in [2.24, 2.45) is 5.92 Å². The summed E-state index contributed by atoms with van der Waals surface area (Å²) in [5.41, 5.74) is 1.22. The predicted octanol–water partition coefficient (Wildman–Crippen LogP) is 1.59. The van der Waals surface area contributed by atoms with Gasteiger partial charge in [0.25, 0.3) is 0 Å². The number of hydrogen-bond acceptors (Lipinski definition) is 6. The SMILES string of the molecule is CN(c1ncc(C(=O)O)cn1)C1CCN(C(=O)CC2=CNC3C=CC=CC23)CC1. The maximum absolute atomic E-state index is 12.8. The number of carboxylic acids is 1. The van der Waals surface area contributed by atoms with Crippen LogP contribution in [0.25, 0.3) is 0 Å². The predicted molar refractivity (Wildman–Crippen MR) is 108 cm³/mol. The van der Waals surface area contributed by atoms with E-state index in [4.69, 9.17) is 5.11 Å². The molecule has 1 aliphatic carbocycles. The molecule has 3 heterocycles. The van der Waals surface area contributed by atoms with E-state index in [0.717, 1.165) is 18.4 Å². The standard InChI is InChI=1S/C21H25N5O3/c1-25(21-23-12-15(13-24-21)20(28)29)16-6-8-26(9-7-16)19(27)10-14-11-22-18-5-3-2-4-17(14)18/h2-5,11-13,16-18,22H,6-10H2,1H3,(H,28,29). The Labute approximate surface area is 169 Å². The number of amides is 1. The third kappa shape index (κ3) is 4.01. The van der Waals surface area contributed by atoms with E-state index in [1.54, 1.807) is 0 Å². The quantitative estimate of drug-likeness (QED) is 0.781. The lowest BCUT2D eigenvalue weighted by Gasteiger charge is -2.37. The van der Waals surface area contributed by atoms with Crippen molar-refractivity contribution in [1.29, 1.82) is 0 Å². The number of carbonyl (C=O) groups excluding carboxylic acids is 1. The van der Waals surface area contributed by atoms with Crippen LogP contribution in [-0.4, -0.2) is 64.1 Å². The van der Waals surface area contributed by atoms with E-state index >= 15 is 0 Å². The molecule has 1 saturated heterocycles. The van der Waals surface area contributed by atoms with Gasteiger partial charge in [-0.15, -0.1) is 0 Å². The van der Waals surface area contributed by atoms with E-state index in [1.807, 2.05) is 35.2 Å². The number of carbonyl (C=O) groups is 2. The zero-order valence-corrected chi connectivity index (χ0v) is 16.4. The highest BCUT2D eigenvalue weighted by Crippen LogP contribution is 2.29. The summed E-state index contributed by atoms with van der Waals surface area (Å²) < 4.78 is 0. The molecule has 29 heavy (non-hydrogen) atoms. The molecule has 4 rings (SSSR count). The van der Waals surface area contributed by atoms with Crippen LogP contribution in [-0.2, 0) is 4.79 Å². The molecule has 1 aromatic heterocycles. The number of nitrogens with one attached hydrogen (secondary N) is 1. The summed E-state index contributed by atoms with van der Waals surface area (Å²) >= 11 is 0. The van der Waals surface area contributed by atoms with Crippen LogP contribution in [0.5, 0.6) is 0 Å². The lowest BCUT2D eigenvalue weighted by atomic mass is 9.89. The summed E-state index contributed by atoms with van der Waals surface area (Å²) in [5.74, 6) is -0.0850. The average Bonchev–Trinajstić information content (AvgIpc) is 3.16. The van der Waals surface area contributed by atoms with Crippen molar-refractivity contribution in [2.45, 2.75) is 31.3 Å². The molecule has 8 nitrogen and oxygen atoms in total. The van der Waals surface area contributed by atoms with E-state index in [1.165, 1.54) is 12.4 Å². The van der Waals surface area contributed by atoms with Crippen LogP contribution in [0.15, 0.2) is 48.5 Å². The van der Waals surface area contributed by atoms with Crippen molar-refractivity contribution in [3.8, 4) is 0 Å². The van der Waals surface area contributed by atoms with E-state index < -0.39 is 5.97 Å². The lowest BCUT2D eigenvalue weighted by Crippen LogP contribution is -2.46. The largest absolute Gasteiger partial charge is 0.478 e. The summed E-state index contributed by atoms with van der Waals surface area (Å²) in [6, 6.07) is 0.493. The molecule has 1 aromatic rings. The average molecular weight is 395 g/mol. The van der Waals surface area contributed by atoms with Gasteiger partial charge in [0, 0.05) is 44.5 Å². The minimum absolute atomic E-state index is 0.0730. The number of aromatic carboxylic acids is 1. The molecule has 2 N–H and O–H groups in total. The lowest BCUT2D eigenvalue weighted by molar-refractivity contribution is -0.131. The first-order chi connectivity index (χ1) is 14.0. The zero-order chi connectivity index (χ0) is 20.4.